The summed E-state index contributed by atoms with van der Waals surface area (Å²) in [6, 6.07) is 3.14. The second-order valence-corrected chi connectivity index (χ2v) is 6.30. The maximum absolute atomic E-state index is 11.6. The van der Waals surface area contributed by atoms with E-state index in [-0.39, 0.29) is 0 Å². The summed E-state index contributed by atoms with van der Waals surface area (Å²) in [5, 5.41) is 9.08. The van der Waals surface area contributed by atoms with Gasteiger partial charge in [-0.1, -0.05) is 11.6 Å². The molecule has 3 N–H and O–H groups in total. The summed E-state index contributed by atoms with van der Waals surface area (Å²) in [5.74, 6) is 0. The molecule has 19 heavy (non-hydrogen) atoms. The number of carboxylic acid groups (broad SMARTS) is 1. The van der Waals surface area contributed by atoms with Crippen molar-refractivity contribution in [2.45, 2.75) is 25.8 Å². The number of aryl methyl sites for hydroxylation is 2. The molecule has 0 radical (unpaired) electrons. The van der Waals surface area contributed by atoms with E-state index in [2.05, 4.69) is 4.72 Å². The van der Waals surface area contributed by atoms with Crippen molar-refractivity contribution < 1.29 is 18.3 Å². The molecule has 0 aliphatic heterocycles. The molecule has 104 valence electrons. The van der Waals surface area contributed by atoms with Crippen molar-refractivity contribution in [2.75, 3.05) is 0 Å². The van der Waals surface area contributed by atoms with E-state index < -0.39 is 22.3 Å². The molecule has 0 heterocycles. The molecular formula is C11H13ClN2O4S. The highest BCUT2D eigenvalue weighted by Crippen LogP contribution is 2.35. The van der Waals surface area contributed by atoms with Crippen molar-refractivity contribution in [2.24, 2.45) is 0 Å². The first kappa shape index (κ1) is 14.1. The van der Waals surface area contributed by atoms with Crippen molar-refractivity contribution >= 4 is 27.9 Å². The third kappa shape index (κ3) is 3.17. The molecule has 1 unspecified atom stereocenters. The Hall–Kier alpha value is -1.31. The minimum atomic E-state index is -4.07. The van der Waals surface area contributed by atoms with Gasteiger partial charge in [0.25, 0.3) is 0 Å². The van der Waals surface area contributed by atoms with E-state index >= 15 is 0 Å². The fourth-order valence-corrected chi connectivity index (χ4v) is 3.62. The Morgan fingerprint density at radius 1 is 1.47 bits per heavy atom. The lowest BCUT2D eigenvalue weighted by molar-refractivity contribution is 0.201. The molecule has 2 rings (SSSR count). The first-order chi connectivity index (χ1) is 8.78. The van der Waals surface area contributed by atoms with Gasteiger partial charge in [0.05, 0.1) is 0 Å². The van der Waals surface area contributed by atoms with E-state index in [0.29, 0.717) is 17.9 Å². The summed E-state index contributed by atoms with van der Waals surface area (Å²) in [5.41, 5.74) is 2.76. The maximum atomic E-state index is 11.6. The SMILES string of the molecule is Cc1cc(Cl)cc2c1C(NS(=O)(=O)NC(=O)O)CC2. The molecule has 0 fully saturated rings. The highest BCUT2D eigenvalue weighted by atomic mass is 35.5. The highest BCUT2D eigenvalue weighted by Gasteiger charge is 2.29. The van der Waals surface area contributed by atoms with Crippen LogP contribution in [0.2, 0.25) is 5.02 Å². The number of rotatable bonds is 3. The molecule has 0 saturated carbocycles. The number of hydrogen-bond acceptors (Lipinski definition) is 3. The van der Waals surface area contributed by atoms with E-state index in [0.717, 1.165) is 16.7 Å². The summed E-state index contributed by atoms with van der Waals surface area (Å²) in [6.07, 6.45) is -0.327. The van der Waals surface area contributed by atoms with Gasteiger partial charge in [0, 0.05) is 11.1 Å². The van der Waals surface area contributed by atoms with E-state index in [1.165, 1.54) is 4.72 Å². The molecule has 8 heteroatoms. The van der Waals surface area contributed by atoms with Crippen molar-refractivity contribution in [1.29, 1.82) is 0 Å². The van der Waals surface area contributed by atoms with Crippen molar-refractivity contribution in [3.05, 3.63) is 33.8 Å². The van der Waals surface area contributed by atoms with Gasteiger partial charge < -0.3 is 5.11 Å². The van der Waals surface area contributed by atoms with E-state index in [1.54, 1.807) is 6.07 Å². The van der Waals surface area contributed by atoms with Gasteiger partial charge in [-0.25, -0.2) is 9.52 Å². The predicted octanol–water partition coefficient (Wildman–Crippen LogP) is 1.74. The van der Waals surface area contributed by atoms with Crippen molar-refractivity contribution in [3.63, 3.8) is 0 Å². The Labute approximate surface area is 116 Å². The van der Waals surface area contributed by atoms with Crippen LogP contribution in [0.3, 0.4) is 0 Å². The van der Waals surface area contributed by atoms with Crippen LogP contribution < -0.4 is 9.44 Å². The van der Waals surface area contributed by atoms with Crippen LogP contribution in [0.5, 0.6) is 0 Å². The highest BCUT2D eigenvalue weighted by molar-refractivity contribution is 7.88. The molecule has 0 spiro atoms. The molecule has 1 aliphatic carbocycles. The summed E-state index contributed by atoms with van der Waals surface area (Å²) in [6.45, 7) is 1.85. The predicted molar refractivity (Wildman–Crippen MR) is 70.5 cm³/mol. The molecule has 1 aromatic carbocycles. The van der Waals surface area contributed by atoms with Gasteiger partial charge in [0.1, 0.15) is 0 Å². The monoisotopic (exact) mass is 304 g/mol. The smallest absolute Gasteiger partial charge is 0.419 e. The van der Waals surface area contributed by atoms with Crippen LogP contribution in [0, 0.1) is 6.92 Å². The van der Waals surface area contributed by atoms with E-state index in [9.17, 15) is 13.2 Å². The van der Waals surface area contributed by atoms with Crippen LogP contribution >= 0.6 is 11.6 Å². The fourth-order valence-electron chi connectivity index (χ4n) is 2.42. The number of halogens is 1. The number of benzene rings is 1. The Morgan fingerprint density at radius 3 is 2.79 bits per heavy atom. The number of nitrogens with one attached hydrogen (secondary N) is 2. The van der Waals surface area contributed by atoms with Gasteiger partial charge in [-0.05, 0) is 48.6 Å². The number of fused-ring (bicyclic) bond motifs is 1. The molecular weight excluding hydrogens is 292 g/mol. The minimum absolute atomic E-state index is 0.427. The Balaban J connectivity index is 2.26. The maximum Gasteiger partial charge on any atom is 0.419 e. The van der Waals surface area contributed by atoms with Crippen LogP contribution in [0.1, 0.15) is 29.2 Å². The Kier molecular flexibility index (Phi) is 3.71. The van der Waals surface area contributed by atoms with E-state index in [4.69, 9.17) is 16.7 Å². The van der Waals surface area contributed by atoms with Crippen LogP contribution in [-0.4, -0.2) is 19.6 Å². The summed E-state index contributed by atoms with van der Waals surface area (Å²) in [4.78, 5) is 10.4. The second-order valence-electron chi connectivity index (χ2n) is 4.42. The average molecular weight is 305 g/mol. The molecule has 0 bridgehead atoms. The van der Waals surface area contributed by atoms with Crippen LogP contribution in [-0.2, 0) is 16.6 Å². The van der Waals surface area contributed by atoms with Gasteiger partial charge in [-0.3, -0.25) is 0 Å². The first-order valence-corrected chi connectivity index (χ1v) is 7.46. The van der Waals surface area contributed by atoms with Crippen molar-refractivity contribution in [1.82, 2.24) is 9.44 Å². The molecule has 1 atom stereocenters. The van der Waals surface area contributed by atoms with Gasteiger partial charge in [-0.2, -0.15) is 13.1 Å². The minimum Gasteiger partial charge on any atom is -0.464 e. The quantitative estimate of drug-likeness (QED) is 0.792. The fraction of sp³-hybridized carbons (Fsp3) is 0.364. The van der Waals surface area contributed by atoms with Gasteiger partial charge >= 0.3 is 16.3 Å². The van der Waals surface area contributed by atoms with Gasteiger partial charge in [-0.15, -0.1) is 0 Å². The molecule has 1 aromatic rings. The summed E-state index contributed by atoms with van der Waals surface area (Å²) in [7, 11) is -4.07. The van der Waals surface area contributed by atoms with Crippen LogP contribution in [0.4, 0.5) is 4.79 Å². The van der Waals surface area contributed by atoms with Gasteiger partial charge in [0.2, 0.25) is 0 Å². The largest absolute Gasteiger partial charge is 0.464 e. The lowest BCUT2D eigenvalue weighted by atomic mass is 10.0. The van der Waals surface area contributed by atoms with Crippen molar-refractivity contribution in [3.8, 4) is 0 Å². The third-order valence-corrected chi connectivity index (χ3v) is 4.26. The summed E-state index contributed by atoms with van der Waals surface area (Å²) < 4.78 is 26.9. The Bertz CT molecular complexity index is 630. The molecule has 1 amide bonds. The standard InChI is InChI=1S/C11H13ClN2O4S/c1-6-4-8(12)5-7-2-3-9(10(6)7)13-19(17,18)14-11(15)16/h4-5,9,13-14H,2-3H2,1H3,(H,15,16). The zero-order valence-corrected chi connectivity index (χ0v) is 11.7. The number of carbonyl (C=O) groups is 1. The zero-order chi connectivity index (χ0) is 14.2. The number of amides is 1. The topological polar surface area (TPSA) is 95.5 Å². The lowest BCUT2D eigenvalue weighted by Gasteiger charge is -2.16. The molecule has 0 aromatic heterocycles. The first-order valence-electron chi connectivity index (χ1n) is 5.60. The third-order valence-electron chi connectivity index (χ3n) is 3.01. The Morgan fingerprint density at radius 2 is 2.16 bits per heavy atom. The lowest BCUT2D eigenvalue weighted by Crippen LogP contribution is -2.40. The van der Waals surface area contributed by atoms with E-state index in [1.807, 2.05) is 13.0 Å². The summed E-state index contributed by atoms with van der Waals surface area (Å²) >= 11 is 5.95. The molecule has 0 saturated heterocycles. The van der Waals surface area contributed by atoms with Crippen LogP contribution in [0.15, 0.2) is 12.1 Å². The average Bonchev–Trinajstić information content (AvgIpc) is 2.57. The second kappa shape index (κ2) is 4.99. The number of hydrogen-bond donors (Lipinski definition) is 3. The van der Waals surface area contributed by atoms with Gasteiger partial charge in [0.15, 0.2) is 0 Å². The normalized spacial score (nSPS) is 18.1. The van der Waals surface area contributed by atoms with Crippen LogP contribution in [0.25, 0.3) is 0 Å². The zero-order valence-electron chi connectivity index (χ0n) is 10.1. The molecule has 1 aliphatic rings. The molecule has 6 nitrogen and oxygen atoms in total.